The van der Waals surface area contributed by atoms with Crippen LogP contribution in [0.15, 0.2) is 36.5 Å². The molecule has 10 nitrogen and oxygen atoms in total. The summed E-state index contributed by atoms with van der Waals surface area (Å²) in [6.45, 7) is 2.11. The lowest BCUT2D eigenvalue weighted by Crippen LogP contribution is -2.40. The van der Waals surface area contributed by atoms with E-state index in [1.807, 2.05) is 24.3 Å². The van der Waals surface area contributed by atoms with E-state index in [4.69, 9.17) is 4.74 Å². The van der Waals surface area contributed by atoms with Gasteiger partial charge in [-0.1, -0.05) is 19.1 Å². The Hall–Kier alpha value is -3.82. The summed E-state index contributed by atoms with van der Waals surface area (Å²) in [6.07, 6.45) is 2.13. The highest BCUT2D eigenvalue weighted by molar-refractivity contribution is 5.94. The molecule has 2 atom stereocenters. The van der Waals surface area contributed by atoms with E-state index in [1.165, 1.54) is 4.80 Å². The Morgan fingerprint density at radius 2 is 2.10 bits per heavy atom. The Kier molecular flexibility index (Phi) is 4.61. The SMILES string of the molecule is CCC(=O)NCC1OC(=O)N2c3ccc(-c4ccc(-c5nnn(C)n5)nc4)cc3CC12. The molecule has 0 radical (unpaired) electrons. The number of tetrazole rings is 1. The number of anilines is 1. The van der Waals surface area contributed by atoms with Gasteiger partial charge in [0.05, 0.1) is 25.3 Å². The number of nitrogens with zero attached hydrogens (tertiary/aromatic N) is 6. The topological polar surface area (TPSA) is 115 Å². The maximum Gasteiger partial charge on any atom is 0.415 e. The van der Waals surface area contributed by atoms with Crippen LogP contribution in [-0.2, 0) is 23.0 Å². The van der Waals surface area contributed by atoms with E-state index >= 15 is 0 Å². The van der Waals surface area contributed by atoms with Crippen LogP contribution >= 0.6 is 0 Å². The normalized spacial score (nSPS) is 19.2. The second-order valence-electron chi connectivity index (χ2n) is 7.60. The first kappa shape index (κ1) is 19.2. The van der Waals surface area contributed by atoms with Crippen molar-refractivity contribution >= 4 is 17.7 Å². The molecule has 0 spiro atoms. The maximum atomic E-state index is 12.4. The van der Waals surface area contributed by atoms with Gasteiger partial charge in [0.1, 0.15) is 11.8 Å². The molecule has 2 aliphatic heterocycles. The van der Waals surface area contributed by atoms with Gasteiger partial charge in [0, 0.05) is 18.2 Å². The van der Waals surface area contributed by atoms with E-state index in [9.17, 15) is 9.59 Å². The third kappa shape index (κ3) is 3.39. The smallest absolute Gasteiger partial charge is 0.415 e. The molecule has 3 aromatic rings. The Morgan fingerprint density at radius 1 is 1.26 bits per heavy atom. The largest absolute Gasteiger partial charge is 0.442 e. The number of hydrogen-bond donors (Lipinski definition) is 1. The number of rotatable bonds is 5. The van der Waals surface area contributed by atoms with Crippen molar-refractivity contribution in [2.45, 2.75) is 31.9 Å². The van der Waals surface area contributed by atoms with Crippen molar-refractivity contribution in [3.8, 4) is 22.6 Å². The molecule has 1 N–H and O–H groups in total. The number of nitrogens with one attached hydrogen (secondary N) is 1. The Labute approximate surface area is 178 Å². The van der Waals surface area contributed by atoms with Crippen molar-refractivity contribution in [1.82, 2.24) is 30.5 Å². The fourth-order valence-corrected chi connectivity index (χ4v) is 4.06. The summed E-state index contributed by atoms with van der Waals surface area (Å²) in [5.41, 5.74) is 4.55. The van der Waals surface area contributed by atoms with Crippen LogP contribution in [0.25, 0.3) is 22.6 Å². The van der Waals surface area contributed by atoms with E-state index in [2.05, 4.69) is 31.8 Å². The molecule has 158 valence electrons. The summed E-state index contributed by atoms with van der Waals surface area (Å²) < 4.78 is 5.50. The highest BCUT2D eigenvalue weighted by Crippen LogP contribution is 2.40. The van der Waals surface area contributed by atoms with Crippen LogP contribution < -0.4 is 10.2 Å². The number of amides is 2. The fourth-order valence-electron chi connectivity index (χ4n) is 4.06. The highest BCUT2D eigenvalue weighted by Gasteiger charge is 2.47. The quantitative estimate of drug-likeness (QED) is 0.669. The lowest BCUT2D eigenvalue weighted by Gasteiger charge is -2.16. The third-order valence-electron chi connectivity index (χ3n) is 5.63. The van der Waals surface area contributed by atoms with Crippen LogP contribution in [0.5, 0.6) is 0 Å². The Bertz CT molecular complexity index is 1160. The molecule has 0 aliphatic carbocycles. The minimum atomic E-state index is -0.366. The van der Waals surface area contributed by atoms with Crippen molar-refractivity contribution in [1.29, 1.82) is 0 Å². The van der Waals surface area contributed by atoms with Crippen LogP contribution in [-0.4, -0.2) is 55.9 Å². The van der Waals surface area contributed by atoms with Crippen molar-refractivity contribution in [3.05, 3.63) is 42.1 Å². The minimum Gasteiger partial charge on any atom is -0.442 e. The van der Waals surface area contributed by atoms with Gasteiger partial charge in [-0.05, 0) is 41.0 Å². The van der Waals surface area contributed by atoms with Gasteiger partial charge in [0.15, 0.2) is 0 Å². The lowest BCUT2D eigenvalue weighted by atomic mass is 10.0. The van der Waals surface area contributed by atoms with Gasteiger partial charge in [-0.3, -0.25) is 14.7 Å². The van der Waals surface area contributed by atoms with E-state index in [0.717, 1.165) is 22.4 Å². The highest BCUT2D eigenvalue weighted by atomic mass is 16.6. The first-order chi connectivity index (χ1) is 15.0. The molecular formula is C21H21N7O3. The van der Waals surface area contributed by atoms with Gasteiger partial charge in [-0.2, -0.15) is 4.80 Å². The molecule has 0 bridgehead atoms. The number of ether oxygens (including phenoxy) is 1. The summed E-state index contributed by atoms with van der Waals surface area (Å²) in [5.74, 6) is 0.420. The van der Waals surface area contributed by atoms with Crippen LogP contribution in [0.2, 0.25) is 0 Å². The van der Waals surface area contributed by atoms with Gasteiger partial charge < -0.3 is 10.1 Å². The fraction of sp³-hybridized carbons (Fsp3) is 0.333. The van der Waals surface area contributed by atoms with Crippen molar-refractivity contribution in [2.24, 2.45) is 7.05 Å². The number of fused-ring (bicyclic) bond motifs is 3. The van der Waals surface area contributed by atoms with Crippen LogP contribution in [0, 0.1) is 0 Å². The van der Waals surface area contributed by atoms with Crippen molar-refractivity contribution in [2.75, 3.05) is 11.4 Å². The summed E-state index contributed by atoms with van der Waals surface area (Å²) in [6, 6.07) is 9.71. The number of cyclic esters (lactones) is 1. The van der Waals surface area contributed by atoms with E-state index in [0.29, 0.717) is 30.9 Å². The molecule has 5 rings (SSSR count). The molecule has 1 aromatic carbocycles. The molecule has 2 unspecified atom stereocenters. The lowest BCUT2D eigenvalue weighted by molar-refractivity contribution is -0.121. The van der Waals surface area contributed by atoms with Crippen LogP contribution in [0.1, 0.15) is 18.9 Å². The van der Waals surface area contributed by atoms with Gasteiger partial charge >= 0.3 is 6.09 Å². The number of benzene rings is 1. The first-order valence-electron chi connectivity index (χ1n) is 10.1. The predicted octanol–water partition coefficient (Wildman–Crippen LogP) is 1.72. The third-order valence-corrected chi connectivity index (χ3v) is 5.63. The standard InChI is InChI=1S/C21H21N7O3/c1-3-19(29)23-11-18-17-9-14-8-12(5-7-16(14)28(17)21(30)31-18)13-4-6-15(22-10-13)20-24-26-27(2)25-20/h4-8,10,17-18H,3,9,11H2,1-2H3,(H,23,29). The van der Waals surface area contributed by atoms with E-state index < -0.39 is 0 Å². The molecule has 0 saturated carbocycles. The van der Waals surface area contributed by atoms with Gasteiger partial charge in [-0.25, -0.2) is 4.79 Å². The molecule has 10 heteroatoms. The number of pyridine rings is 1. The van der Waals surface area contributed by atoms with E-state index in [-0.39, 0.29) is 24.1 Å². The average Bonchev–Trinajstić information content (AvgIpc) is 3.46. The molecule has 2 aromatic heterocycles. The Morgan fingerprint density at radius 3 is 2.81 bits per heavy atom. The Balaban J connectivity index is 1.36. The molecule has 2 aliphatic rings. The summed E-state index contributed by atoms with van der Waals surface area (Å²) >= 11 is 0. The number of carbonyl (C=O) groups excluding carboxylic acids is 2. The number of aryl methyl sites for hydroxylation is 1. The predicted molar refractivity (Wildman–Crippen MR) is 111 cm³/mol. The molecule has 31 heavy (non-hydrogen) atoms. The second-order valence-corrected chi connectivity index (χ2v) is 7.60. The molecule has 4 heterocycles. The number of aromatic nitrogens is 5. The van der Waals surface area contributed by atoms with Crippen LogP contribution in [0.3, 0.4) is 0 Å². The average molecular weight is 419 g/mol. The summed E-state index contributed by atoms with van der Waals surface area (Å²) in [5, 5.41) is 14.8. The zero-order valence-electron chi connectivity index (χ0n) is 17.1. The van der Waals surface area contributed by atoms with E-state index in [1.54, 1.807) is 25.1 Å². The molecule has 1 fully saturated rings. The zero-order chi connectivity index (χ0) is 21.5. The summed E-state index contributed by atoms with van der Waals surface area (Å²) in [7, 11) is 1.71. The van der Waals surface area contributed by atoms with Crippen molar-refractivity contribution < 1.29 is 14.3 Å². The molecule has 2 amide bonds. The number of carbonyl (C=O) groups is 2. The molecule has 1 saturated heterocycles. The maximum absolute atomic E-state index is 12.4. The van der Waals surface area contributed by atoms with Gasteiger partial charge in [-0.15, -0.1) is 10.2 Å². The van der Waals surface area contributed by atoms with Gasteiger partial charge in [0.25, 0.3) is 0 Å². The summed E-state index contributed by atoms with van der Waals surface area (Å²) in [4.78, 5) is 31.6. The number of hydrogen-bond acceptors (Lipinski definition) is 7. The monoisotopic (exact) mass is 419 g/mol. The molecular weight excluding hydrogens is 398 g/mol. The van der Waals surface area contributed by atoms with Crippen molar-refractivity contribution in [3.63, 3.8) is 0 Å². The zero-order valence-corrected chi connectivity index (χ0v) is 17.1. The second kappa shape index (κ2) is 7.46. The minimum absolute atomic E-state index is 0.0556. The van der Waals surface area contributed by atoms with Crippen LogP contribution in [0.4, 0.5) is 10.5 Å². The first-order valence-corrected chi connectivity index (χ1v) is 10.1. The van der Waals surface area contributed by atoms with Gasteiger partial charge in [0.2, 0.25) is 11.7 Å².